The molecule has 3 aromatic rings. The number of esters is 1. The van der Waals surface area contributed by atoms with Gasteiger partial charge in [-0.1, -0.05) is 23.9 Å². The molecule has 0 bridgehead atoms. The SMILES string of the molecule is COC(=O)c1ccc(C)c(-n2c(SC)nc(=O)c(Br)c2OCc2ccc(F)cc2C#N)c1. The number of nitriles is 1. The van der Waals surface area contributed by atoms with Gasteiger partial charge in [0, 0.05) is 5.56 Å². The number of benzene rings is 2. The van der Waals surface area contributed by atoms with Crippen molar-refractivity contribution in [3.05, 3.63) is 79.3 Å². The van der Waals surface area contributed by atoms with Crippen molar-refractivity contribution in [2.45, 2.75) is 18.7 Å². The van der Waals surface area contributed by atoms with E-state index in [1.165, 1.54) is 31.0 Å². The van der Waals surface area contributed by atoms with E-state index in [4.69, 9.17) is 9.47 Å². The van der Waals surface area contributed by atoms with Gasteiger partial charge in [-0.3, -0.25) is 9.36 Å². The summed E-state index contributed by atoms with van der Waals surface area (Å²) in [5.74, 6) is -0.919. The second-order valence-corrected chi connectivity index (χ2v) is 8.12. The van der Waals surface area contributed by atoms with E-state index < -0.39 is 17.3 Å². The minimum Gasteiger partial charge on any atom is -0.473 e. The van der Waals surface area contributed by atoms with Crippen LogP contribution in [0, 0.1) is 24.1 Å². The third-order valence-corrected chi connectivity index (χ3v) is 5.89. The highest BCUT2D eigenvalue weighted by Crippen LogP contribution is 2.32. The number of aryl methyl sites for hydroxylation is 1. The molecule has 2 aromatic carbocycles. The van der Waals surface area contributed by atoms with Crippen LogP contribution in [0.4, 0.5) is 4.39 Å². The number of thioether (sulfide) groups is 1. The van der Waals surface area contributed by atoms with Gasteiger partial charge in [0.1, 0.15) is 16.9 Å². The lowest BCUT2D eigenvalue weighted by molar-refractivity contribution is 0.0600. The maximum Gasteiger partial charge on any atom is 0.337 e. The summed E-state index contributed by atoms with van der Waals surface area (Å²) in [4.78, 5) is 28.6. The van der Waals surface area contributed by atoms with Crippen molar-refractivity contribution in [1.29, 1.82) is 5.26 Å². The predicted molar refractivity (Wildman–Crippen MR) is 121 cm³/mol. The van der Waals surface area contributed by atoms with Gasteiger partial charge in [0.25, 0.3) is 5.56 Å². The predicted octanol–water partition coefficient (Wildman–Crippen LogP) is 4.40. The Bertz CT molecular complexity index is 1300. The number of ether oxygens (including phenoxy) is 2. The molecule has 0 spiro atoms. The van der Waals surface area contributed by atoms with Gasteiger partial charge in [0.05, 0.1) is 30.0 Å². The first-order valence-electron chi connectivity index (χ1n) is 9.18. The van der Waals surface area contributed by atoms with Crippen LogP contribution in [0.1, 0.15) is 27.0 Å². The molecule has 0 N–H and O–H groups in total. The van der Waals surface area contributed by atoms with Gasteiger partial charge < -0.3 is 9.47 Å². The zero-order valence-corrected chi connectivity index (χ0v) is 19.7. The average Bonchev–Trinajstić information content (AvgIpc) is 2.80. The van der Waals surface area contributed by atoms with Gasteiger partial charge >= 0.3 is 5.97 Å². The molecular formula is C22H17BrFN3O4S. The Hall–Kier alpha value is -3.16. The lowest BCUT2D eigenvalue weighted by atomic mass is 10.1. The van der Waals surface area contributed by atoms with Gasteiger partial charge in [-0.2, -0.15) is 10.2 Å². The summed E-state index contributed by atoms with van der Waals surface area (Å²) < 4.78 is 25.9. The van der Waals surface area contributed by atoms with Gasteiger partial charge in [0.15, 0.2) is 5.16 Å². The van der Waals surface area contributed by atoms with Crippen molar-refractivity contribution in [2.75, 3.05) is 13.4 Å². The van der Waals surface area contributed by atoms with Crippen LogP contribution in [-0.4, -0.2) is 28.9 Å². The van der Waals surface area contributed by atoms with E-state index in [1.54, 1.807) is 29.0 Å². The molecule has 164 valence electrons. The van der Waals surface area contributed by atoms with Crippen LogP contribution < -0.4 is 10.3 Å². The number of hydrogen-bond donors (Lipinski definition) is 0. The Morgan fingerprint density at radius 3 is 2.72 bits per heavy atom. The van der Waals surface area contributed by atoms with Crippen LogP contribution in [0.5, 0.6) is 5.88 Å². The first kappa shape index (κ1) is 23.5. The number of rotatable bonds is 6. The van der Waals surface area contributed by atoms with Gasteiger partial charge in [-0.25, -0.2) is 9.18 Å². The summed E-state index contributed by atoms with van der Waals surface area (Å²) in [7, 11) is 1.29. The first-order chi connectivity index (χ1) is 15.3. The summed E-state index contributed by atoms with van der Waals surface area (Å²) >= 11 is 4.47. The van der Waals surface area contributed by atoms with Crippen LogP contribution in [0.2, 0.25) is 0 Å². The van der Waals surface area contributed by atoms with Gasteiger partial charge in [0.2, 0.25) is 5.88 Å². The molecule has 7 nitrogen and oxygen atoms in total. The average molecular weight is 518 g/mol. The molecule has 0 fully saturated rings. The van der Waals surface area contributed by atoms with Crippen molar-refractivity contribution < 1.29 is 18.7 Å². The molecule has 0 radical (unpaired) electrons. The second-order valence-electron chi connectivity index (χ2n) is 6.55. The fourth-order valence-electron chi connectivity index (χ4n) is 2.96. The topological polar surface area (TPSA) is 94.2 Å². The van der Waals surface area contributed by atoms with Crippen molar-refractivity contribution in [2.24, 2.45) is 0 Å². The molecule has 0 saturated heterocycles. The molecule has 32 heavy (non-hydrogen) atoms. The fourth-order valence-corrected chi connectivity index (χ4v) is 3.88. The smallest absolute Gasteiger partial charge is 0.337 e. The molecule has 0 aliphatic carbocycles. The molecule has 0 atom stereocenters. The van der Waals surface area contributed by atoms with Gasteiger partial charge in [-0.05, 0) is 58.9 Å². The summed E-state index contributed by atoms with van der Waals surface area (Å²) in [5.41, 5.74) is 1.68. The monoisotopic (exact) mass is 517 g/mol. The molecule has 0 unspecified atom stereocenters. The van der Waals surface area contributed by atoms with Crippen LogP contribution in [0.3, 0.4) is 0 Å². The molecule has 1 heterocycles. The lowest BCUT2D eigenvalue weighted by Gasteiger charge is -2.20. The first-order valence-corrected chi connectivity index (χ1v) is 11.2. The van der Waals surface area contributed by atoms with Gasteiger partial charge in [-0.15, -0.1) is 0 Å². The molecule has 3 rings (SSSR count). The fraction of sp³-hybridized carbons (Fsp3) is 0.182. The summed E-state index contributed by atoms with van der Waals surface area (Å²) in [5, 5.41) is 9.63. The number of carbonyl (C=O) groups is 1. The third-order valence-electron chi connectivity index (χ3n) is 4.58. The zero-order valence-electron chi connectivity index (χ0n) is 17.3. The third kappa shape index (κ3) is 4.69. The standard InChI is InChI=1S/C22H17BrFN3O4S/c1-12-4-5-13(21(29)30-2)9-17(12)27-20(18(23)19(28)26-22(27)32-3)31-11-14-6-7-16(24)8-15(14)10-25/h4-9H,11H2,1-3H3. The molecule has 0 aliphatic rings. The van der Waals surface area contributed by atoms with E-state index in [-0.39, 0.29) is 22.5 Å². The van der Waals surface area contributed by atoms with Crippen LogP contribution >= 0.6 is 27.7 Å². The molecule has 1 aromatic heterocycles. The summed E-state index contributed by atoms with van der Waals surface area (Å²) in [6, 6.07) is 10.7. The van der Waals surface area contributed by atoms with Crippen LogP contribution in [0.25, 0.3) is 5.69 Å². The quantitative estimate of drug-likeness (QED) is 0.271. The van der Waals surface area contributed by atoms with E-state index >= 15 is 0 Å². The number of aromatic nitrogens is 2. The Morgan fingerprint density at radius 1 is 1.31 bits per heavy atom. The normalized spacial score (nSPS) is 10.5. The summed E-state index contributed by atoms with van der Waals surface area (Å²) in [6.07, 6.45) is 1.75. The van der Waals surface area contributed by atoms with Crippen molar-refractivity contribution >= 4 is 33.7 Å². The van der Waals surface area contributed by atoms with Crippen molar-refractivity contribution in [3.8, 4) is 17.6 Å². The zero-order chi connectivity index (χ0) is 23.4. The Balaban J connectivity index is 2.18. The van der Waals surface area contributed by atoms with E-state index in [2.05, 4.69) is 20.9 Å². The van der Waals surface area contributed by atoms with Crippen LogP contribution in [-0.2, 0) is 11.3 Å². The van der Waals surface area contributed by atoms with Crippen LogP contribution in [0.15, 0.2) is 50.8 Å². The second kappa shape index (κ2) is 9.97. The highest BCUT2D eigenvalue weighted by Gasteiger charge is 2.21. The molecule has 0 amide bonds. The number of hydrogen-bond acceptors (Lipinski definition) is 7. The van der Waals surface area contributed by atoms with Crippen molar-refractivity contribution in [1.82, 2.24) is 9.55 Å². The molecular weight excluding hydrogens is 501 g/mol. The minimum absolute atomic E-state index is 0.0683. The minimum atomic E-state index is -0.540. The Kier molecular flexibility index (Phi) is 7.33. The Morgan fingerprint density at radius 2 is 2.06 bits per heavy atom. The number of methoxy groups -OCH3 is 1. The summed E-state index contributed by atoms with van der Waals surface area (Å²) in [6.45, 7) is 1.73. The maximum absolute atomic E-state index is 13.5. The number of nitrogens with zero attached hydrogens (tertiary/aromatic N) is 3. The highest BCUT2D eigenvalue weighted by molar-refractivity contribution is 9.10. The Labute approximate surface area is 195 Å². The number of halogens is 2. The highest BCUT2D eigenvalue weighted by atomic mass is 79.9. The van der Waals surface area contributed by atoms with E-state index in [0.29, 0.717) is 22.0 Å². The van der Waals surface area contributed by atoms with E-state index in [0.717, 1.165) is 11.6 Å². The molecule has 10 heteroatoms. The van der Waals surface area contributed by atoms with E-state index in [1.807, 2.05) is 13.0 Å². The number of carbonyl (C=O) groups excluding carboxylic acids is 1. The van der Waals surface area contributed by atoms with E-state index in [9.17, 15) is 19.2 Å². The maximum atomic E-state index is 13.5. The molecule has 0 saturated carbocycles. The van der Waals surface area contributed by atoms with Crippen molar-refractivity contribution in [3.63, 3.8) is 0 Å². The largest absolute Gasteiger partial charge is 0.473 e. The molecule has 0 aliphatic heterocycles. The lowest BCUT2D eigenvalue weighted by Crippen LogP contribution is -2.19.